The van der Waals surface area contributed by atoms with Crippen molar-refractivity contribution >= 4 is 0 Å². The number of halogens is 3. The minimum atomic E-state index is -1.41. The van der Waals surface area contributed by atoms with Gasteiger partial charge in [-0.15, -0.1) is 0 Å². The second kappa shape index (κ2) is 4.60. The first kappa shape index (κ1) is 12.3. The van der Waals surface area contributed by atoms with Crippen LogP contribution in [-0.2, 0) is 0 Å². The van der Waals surface area contributed by atoms with Gasteiger partial charge in [0.05, 0.1) is 7.11 Å². The fraction of sp³-hybridized carbons (Fsp3) is 0.0769. The topological polar surface area (TPSA) is 29.5 Å². The van der Waals surface area contributed by atoms with Crippen molar-refractivity contribution in [2.45, 2.75) is 0 Å². The molecule has 0 bridgehead atoms. The number of phenolic OH excluding ortho intramolecular Hbond substituents is 1. The fourth-order valence-corrected chi connectivity index (χ4v) is 1.62. The molecule has 2 aromatic rings. The Labute approximate surface area is 101 Å². The summed E-state index contributed by atoms with van der Waals surface area (Å²) in [6.45, 7) is 0. The molecule has 2 rings (SSSR count). The third-order valence-corrected chi connectivity index (χ3v) is 2.54. The minimum Gasteiger partial charge on any atom is -0.505 e. The quantitative estimate of drug-likeness (QED) is 0.888. The third-order valence-electron chi connectivity index (χ3n) is 2.54. The maximum Gasteiger partial charge on any atom is 0.200 e. The first-order valence-electron chi connectivity index (χ1n) is 5.06. The number of phenols is 1. The van der Waals surface area contributed by atoms with E-state index in [-0.39, 0.29) is 16.9 Å². The van der Waals surface area contributed by atoms with E-state index in [9.17, 15) is 13.2 Å². The van der Waals surface area contributed by atoms with Gasteiger partial charge < -0.3 is 9.84 Å². The summed E-state index contributed by atoms with van der Waals surface area (Å²) in [4.78, 5) is 0. The largest absolute Gasteiger partial charge is 0.505 e. The maximum absolute atomic E-state index is 13.9. The van der Waals surface area contributed by atoms with Crippen LogP contribution in [0.3, 0.4) is 0 Å². The number of methoxy groups -OCH3 is 1. The zero-order valence-electron chi connectivity index (χ0n) is 9.38. The lowest BCUT2D eigenvalue weighted by molar-refractivity contribution is 0.387. The molecular formula is C13H9F3O2. The van der Waals surface area contributed by atoms with Crippen LogP contribution in [0, 0.1) is 17.5 Å². The summed E-state index contributed by atoms with van der Waals surface area (Å²) in [7, 11) is 1.27. The van der Waals surface area contributed by atoms with Gasteiger partial charge in [0.25, 0.3) is 0 Å². The molecular weight excluding hydrogens is 245 g/mol. The zero-order valence-corrected chi connectivity index (χ0v) is 9.38. The normalized spacial score (nSPS) is 10.4. The lowest BCUT2D eigenvalue weighted by Gasteiger charge is -2.09. The molecule has 0 aliphatic heterocycles. The Hall–Kier alpha value is -2.17. The number of aromatic hydroxyl groups is 1. The average molecular weight is 254 g/mol. The molecule has 0 radical (unpaired) electrons. The highest BCUT2D eigenvalue weighted by atomic mass is 19.2. The highest BCUT2D eigenvalue weighted by molar-refractivity contribution is 5.67. The van der Waals surface area contributed by atoms with Crippen LogP contribution >= 0.6 is 0 Å². The Bertz CT molecular complexity index is 597. The fourth-order valence-electron chi connectivity index (χ4n) is 1.62. The zero-order chi connectivity index (χ0) is 13.3. The van der Waals surface area contributed by atoms with Crippen LogP contribution in [0.2, 0.25) is 0 Å². The number of hydrogen-bond acceptors (Lipinski definition) is 2. The van der Waals surface area contributed by atoms with E-state index in [0.717, 1.165) is 12.1 Å². The van der Waals surface area contributed by atoms with Crippen LogP contribution in [-0.4, -0.2) is 12.2 Å². The van der Waals surface area contributed by atoms with E-state index < -0.39 is 23.2 Å². The molecule has 2 nitrogen and oxygen atoms in total. The van der Waals surface area contributed by atoms with Crippen LogP contribution < -0.4 is 4.74 Å². The van der Waals surface area contributed by atoms with Gasteiger partial charge in [0.1, 0.15) is 0 Å². The highest BCUT2D eigenvalue weighted by Crippen LogP contribution is 2.33. The molecule has 0 fully saturated rings. The molecule has 0 amide bonds. The smallest absolute Gasteiger partial charge is 0.200 e. The molecule has 18 heavy (non-hydrogen) atoms. The molecule has 0 atom stereocenters. The molecule has 0 saturated carbocycles. The van der Waals surface area contributed by atoms with Crippen molar-refractivity contribution in [1.82, 2.24) is 0 Å². The van der Waals surface area contributed by atoms with E-state index in [1.54, 1.807) is 0 Å². The lowest BCUT2D eigenvalue weighted by atomic mass is 10.0. The Morgan fingerprint density at radius 1 is 0.889 bits per heavy atom. The summed E-state index contributed by atoms with van der Waals surface area (Å²) in [5.41, 5.74) is -0.410. The van der Waals surface area contributed by atoms with E-state index in [2.05, 4.69) is 0 Å². The molecule has 0 aliphatic rings. The van der Waals surface area contributed by atoms with Gasteiger partial charge in [-0.05, 0) is 18.2 Å². The molecule has 0 heterocycles. The Balaban J connectivity index is 2.66. The minimum absolute atomic E-state index is 0.0691. The molecule has 0 aliphatic carbocycles. The summed E-state index contributed by atoms with van der Waals surface area (Å²) >= 11 is 0. The van der Waals surface area contributed by atoms with Crippen molar-refractivity contribution in [1.29, 1.82) is 0 Å². The Morgan fingerprint density at radius 2 is 1.56 bits per heavy atom. The van der Waals surface area contributed by atoms with Crippen LogP contribution in [0.15, 0.2) is 30.3 Å². The van der Waals surface area contributed by atoms with Gasteiger partial charge in [0, 0.05) is 11.1 Å². The van der Waals surface area contributed by atoms with Gasteiger partial charge in [-0.2, -0.15) is 4.39 Å². The van der Waals surface area contributed by atoms with E-state index in [4.69, 9.17) is 9.84 Å². The van der Waals surface area contributed by atoms with E-state index in [1.165, 1.54) is 25.3 Å². The second-order valence-electron chi connectivity index (χ2n) is 3.58. The number of ether oxygens (including phenoxy) is 1. The first-order valence-corrected chi connectivity index (χ1v) is 5.06. The van der Waals surface area contributed by atoms with Gasteiger partial charge >= 0.3 is 0 Å². The maximum atomic E-state index is 13.9. The predicted octanol–water partition coefficient (Wildman–Crippen LogP) is 3.49. The summed E-state index contributed by atoms with van der Waals surface area (Å²) in [5.74, 6) is -4.39. The summed E-state index contributed by atoms with van der Waals surface area (Å²) in [5, 5.41) is 9.01. The lowest BCUT2D eigenvalue weighted by Crippen LogP contribution is -1.95. The van der Waals surface area contributed by atoms with Crippen LogP contribution in [0.5, 0.6) is 11.5 Å². The van der Waals surface area contributed by atoms with Crippen molar-refractivity contribution in [2.24, 2.45) is 0 Å². The molecule has 0 aromatic heterocycles. The molecule has 2 aromatic carbocycles. The van der Waals surface area contributed by atoms with Gasteiger partial charge in [0.15, 0.2) is 23.1 Å². The highest BCUT2D eigenvalue weighted by Gasteiger charge is 2.18. The SMILES string of the molecule is COc1cccc(-c2ccc(O)c(F)c2F)c1F. The van der Waals surface area contributed by atoms with E-state index in [0.29, 0.717) is 0 Å². The van der Waals surface area contributed by atoms with Gasteiger partial charge in [-0.3, -0.25) is 0 Å². The van der Waals surface area contributed by atoms with Crippen molar-refractivity contribution < 1.29 is 23.0 Å². The van der Waals surface area contributed by atoms with Crippen molar-refractivity contribution in [3.63, 3.8) is 0 Å². The van der Waals surface area contributed by atoms with Crippen molar-refractivity contribution in [3.05, 3.63) is 47.8 Å². The standard InChI is InChI=1S/C13H9F3O2/c1-18-10-4-2-3-7(11(10)14)8-5-6-9(17)13(16)12(8)15/h2-6,17H,1H3. The predicted molar refractivity (Wildman–Crippen MR) is 60.0 cm³/mol. The number of rotatable bonds is 2. The first-order chi connectivity index (χ1) is 8.56. The van der Waals surface area contributed by atoms with E-state index in [1.807, 2.05) is 0 Å². The van der Waals surface area contributed by atoms with Crippen LogP contribution in [0.1, 0.15) is 0 Å². The number of benzene rings is 2. The Morgan fingerprint density at radius 3 is 2.22 bits per heavy atom. The molecule has 1 N–H and O–H groups in total. The summed E-state index contributed by atoms with van der Waals surface area (Å²) < 4.78 is 45.5. The molecule has 94 valence electrons. The Kier molecular flexibility index (Phi) is 3.14. The molecule has 0 unspecified atom stereocenters. The van der Waals surface area contributed by atoms with E-state index >= 15 is 0 Å². The van der Waals surface area contributed by atoms with Gasteiger partial charge in [0.2, 0.25) is 5.82 Å². The van der Waals surface area contributed by atoms with Crippen LogP contribution in [0.25, 0.3) is 11.1 Å². The molecule has 0 spiro atoms. The van der Waals surface area contributed by atoms with Crippen LogP contribution in [0.4, 0.5) is 13.2 Å². The van der Waals surface area contributed by atoms with Gasteiger partial charge in [-0.25, -0.2) is 8.78 Å². The number of hydrogen-bond donors (Lipinski definition) is 1. The second-order valence-corrected chi connectivity index (χ2v) is 3.58. The van der Waals surface area contributed by atoms with Crippen molar-refractivity contribution in [3.8, 4) is 22.6 Å². The monoisotopic (exact) mass is 254 g/mol. The average Bonchev–Trinajstić information content (AvgIpc) is 2.37. The van der Waals surface area contributed by atoms with Gasteiger partial charge in [-0.1, -0.05) is 12.1 Å². The molecule has 0 saturated heterocycles. The van der Waals surface area contributed by atoms with Crippen molar-refractivity contribution in [2.75, 3.05) is 7.11 Å². The third kappa shape index (κ3) is 1.88. The summed E-state index contributed by atoms with van der Waals surface area (Å²) in [6.07, 6.45) is 0. The molecule has 5 heteroatoms. The summed E-state index contributed by atoms with van der Waals surface area (Å²) in [6, 6.07) is 6.19.